The van der Waals surface area contributed by atoms with Gasteiger partial charge in [-0.15, -0.1) is 0 Å². The molecule has 1 N–H and O–H groups in total. The average Bonchev–Trinajstić information content (AvgIpc) is 2.44. The van der Waals surface area contributed by atoms with Gasteiger partial charge in [-0.3, -0.25) is 0 Å². The van der Waals surface area contributed by atoms with Crippen LogP contribution in [0.4, 0.5) is 18.9 Å². The molecule has 124 valence electrons. The highest BCUT2D eigenvalue weighted by molar-refractivity contribution is 9.10. The number of anilines is 1. The van der Waals surface area contributed by atoms with Gasteiger partial charge in [-0.05, 0) is 34.7 Å². The van der Waals surface area contributed by atoms with Crippen molar-refractivity contribution in [2.45, 2.75) is 38.9 Å². The topological polar surface area (TPSA) is 12.0 Å². The Kier molecular flexibility index (Phi) is 5.09. The molecule has 0 fully saturated rings. The third-order valence-electron chi connectivity index (χ3n) is 3.59. The first-order valence-electron chi connectivity index (χ1n) is 7.27. The molecule has 0 saturated heterocycles. The van der Waals surface area contributed by atoms with Crippen LogP contribution >= 0.6 is 15.9 Å². The quantitative estimate of drug-likeness (QED) is 0.646. The van der Waals surface area contributed by atoms with Gasteiger partial charge in [0.05, 0.1) is 5.56 Å². The molecule has 0 unspecified atom stereocenters. The summed E-state index contributed by atoms with van der Waals surface area (Å²) in [6.07, 6.45) is -4.37. The minimum atomic E-state index is -4.37. The molecule has 2 aromatic carbocycles. The second kappa shape index (κ2) is 6.56. The molecule has 0 aliphatic carbocycles. The van der Waals surface area contributed by atoms with Crippen LogP contribution in [0.3, 0.4) is 0 Å². The maximum atomic E-state index is 12.9. The summed E-state index contributed by atoms with van der Waals surface area (Å²) in [6.45, 7) is 6.89. The molecule has 2 rings (SSSR count). The van der Waals surface area contributed by atoms with Crippen LogP contribution in [-0.2, 0) is 18.1 Å². The monoisotopic (exact) mass is 385 g/mol. The Morgan fingerprint density at radius 1 is 0.957 bits per heavy atom. The van der Waals surface area contributed by atoms with E-state index >= 15 is 0 Å². The van der Waals surface area contributed by atoms with Gasteiger partial charge in [0, 0.05) is 16.7 Å². The molecule has 0 aliphatic rings. The van der Waals surface area contributed by atoms with Crippen LogP contribution in [0.15, 0.2) is 46.9 Å². The number of nitrogens with one attached hydrogen (secondary N) is 1. The summed E-state index contributed by atoms with van der Waals surface area (Å²) in [4.78, 5) is 0. The maximum Gasteiger partial charge on any atom is 0.417 e. The molecule has 0 aliphatic heterocycles. The first-order chi connectivity index (χ1) is 10.6. The van der Waals surface area contributed by atoms with Crippen molar-refractivity contribution in [3.05, 3.63) is 63.6 Å². The van der Waals surface area contributed by atoms with Crippen LogP contribution in [0, 0.1) is 0 Å². The molecule has 0 bridgehead atoms. The lowest BCUT2D eigenvalue weighted by Gasteiger charge is -2.19. The third kappa shape index (κ3) is 4.74. The van der Waals surface area contributed by atoms with Gasteiger partial charge in [-0.2, -0.15) is 13.2 Å². The van der Waals surface area contributed by atoms with Crippen LogP contribution in [0.1, 0.15) is 37.5 Å². The molecular weight excluding hydrogens is 367 g/mol. The van der Waals surface area contributed by atoms with E-state index in [1.54, 1.807) is 6.07 Å². The van der Waals surface area contributed by atoms with Gasteiger partial charge in [-0.25, -0.2) is 0 Å². The first-order valence-corrected chi connectivity index (χ1v) is 8.07. The Morgan fingerprint density at radius 3 is 2.09 bits per heavy atom. The Hall–Kier alpha value is -1.49. The van der Waals surface area contributed by atoms with Crippen molar-refractivity contribution in [2.75, 3.05) is 5.32 Å². The second-order valence-electron chi connectivity index (χ2n) is 6.49. The second-order valence-corrected chi connectivity index (χ2v) is 7.35. The number of halogens is 4. The van der Waals surface area contributed by atoms with Crippen LogP contribution in [0.2, 0.25) is 0 Å². The van der Waals surface area contributed by atoms with E-state index in [-0.39, 0.29) is 9.89 Å². The van der Waals surface area contributed by atoms with E-state index < -0.39 is 11.7 Å². The van der Waals surface area contributed by atoms with E-state index in [4.69, 9.17) is 0 Å². The van der Waals surface area contributed by atoms with Gasteiger partial charge in [0.1, 0.15) is 0 Å². The predicted octanol–water partition coefficient (Wildman–Crippen LogP) is 6.38. The third-order valence-corrected chi connectivity index (χ3v) is 4.28. The Labute approximate surface area is 143 Å². The fourth-order valence-electron chi connectivity index (χ4n) is 2.18. The number of benzene rings is 2. The molecule has 0 heterocycles. The maximum absolute atomic E-state index is 12.9. The smallest absolute Gasteiger partial charge is 0.381 e. The van der Waals surface area contributed by atoms with Gasteiger partial charge < -0.3 is 5.32 Å². The summed E-state index contributed by atoms with van der Waals surface area (Å²) in [6, 6.07) is 12.3. The fraction of sp³-hybridized carbons (Fsp3) is 0.333. The molecule has 1 nitrogen and oxygen atoms in total. The van der Waals surface area contributed by atoms with Gasteiger partial charge in [-0.1, -0.05) is 61.0 Å². The Bertz CT molecular complexity index is 670. The normalized spacial score (nSPS) is 12.3. The molecular formula is C18H19BrF3N. The number of hydrogen-bond donors (Lipinski definition) is 1. The van der Waals surface area contributed by atoms with Crippen molar-refractivity contribution in [2.24, 2.45) is 0 Å². The largest absolute Gasteiger partial charge is 0.417 e. The highest BCUT2D eigenvalue weighted by atomic mass is 79.9. The van der Waals surface area contributed by atoms with E-state index in [0.717, 1.165) is 11.6 Å². The molecule has 0 amide bonds. The lowest BCUT2D eigenvalue weighted by Crippen LogP contribution is -2.11. The predicted molar refractivity (Wildman–Crippen MR) is 91.6 cm³/mol. The lowest BCUT2D eigenvalue weighted by molar-refractivity contribution is -0.138. The van der Waals surface area contributed by atoms with Crippen LogP contribution in [0.5, 0.6) is 0 Å². The molecule has 0 aromatic heterocycles. The summed E-state index contributed by atoms with van der Waals surface area (Å²) in [5.74, 6) is 0. The van der Waals surface area contributed by atoms with Crippen LogP contribution in [-0.4, -0.2) is 0 Å². The molecule has 0 spiro atoms. The van der Waals surface area contributed by atoms with E-state index in [1.165, 1.54) is 11.6 Å². The standard InChI is InChI=1S/C18H19BrF3N/c1-17(2,3)13-6-4-12(5-7-13)11-23-14-8-9-16(19)15(10-14)18(20,21)22/h4-10,23H,11H2,1-3H3. The highest BCUT2D eigenvalue weighted by Crippen LogP contribution is 2.36. The molecule has 0 atom stereocenters. The number of hydrogen-bond acceptors (Lipinski definition) is 1. The van der Waals surface area contributed by atoms with E-state index in [0.29, 0.717) is 12.2 Å². The van der Waals surface area contributed by atoms with E-state index in [9.17, 15) is 13.2 Å². The van der Waals surface area contributed by atoms with Crippen LogP contribution in [0.25, 0.3) is 0 Å². The van der Waals surface area contributed by atoms with Crippen molar-refractivity contribution in [1.29, 1.82) is 0 Å². The Morgan fingerprint density at radius 2 is 1.57 bits per heavy atom. The number of rotatable bonds is 3. The van der Waals surface area contributed by atoms with Gasteiger partial charge >= 0.3 is 6.18 Å². The molecule has 2 aromatic rings. The number of alkyl halides is 3. The summed E-state index contributed by atoms with van der Waals surface area (Å²) in [5, 5.41) is 3.04. The van der Waals surface area contributed by atoms with Crippen molar-refractivity contribution in [1.82, 2.24) is 0 Å². The van der Waals surface area contributed by atoms with E-state index in [1.807, 2.05) is 12.1 Å². The fourth-order valence-corrected chi connectivity index (χ4v) is 2.65. The van der Waals surface area contributed by atoms with Gasteiger partial charge in [0.2, 0.25) is 0 Å². The summed E-state index contributed by atoms with van der Waals surface area (Å²) in [7, 11) is 0. The van der Waals surface area contributed by atoms with E-state index in [2.05, 4.69) is 54.2 Å². The SMILES string of the molecule is CC(C)(C)c1ccc(CNc2ccc(Br)c(C(F)(F)F)c2)cc1. The zero-order valence-corrected chi connectivity index (χ0v) is 14.8. The summed E-state index contributed by atoms with van der Waals surface area (Å²) >= 11 is 2.94. The Balaban J connectivity index is 2.09. The van der Waals surface area contributed by atoms with Gasteiger partial charge in [0.15, 0.2) is 0 Å². The average molecular weight is 386 g/mol. The van der Waals surface area contributed by atoms with Crippen molar-refractivity contribution in [3.63, 3.8) is 0 Å². The van der Waals surface area contributed by atoms with Gasteiger partial charge in [0.25, 0.3) is 0 Å². The lowest BCUT2D eigenvalue weighted by atomic mass is 9.87. The highest BCUT2D eigenvalue weighted by Gasteiger charge is 2.33. The zero-order chi connectivity index (χ0) is 17.3. The first kappa shape index (κ1) is 17.9. The van der Waals surface area contributed by atoms with Crippen molar-refractivity contribution in [3.8, 4) is 0 Å². The minimum Gasteiger partial charge on any atom is -0.381 e. The minimum absolute atomic E-state index is 0.0464. The van der Waals surface area contributed by atoms with Crippen molar-refractivity contribution < 1.29 is 13.2 Å². The zero-order valence-electron chi connectivity index (χ0n) is 13.3. The van der Waals surface area contributed by atoms with Crippen LogP contribution < -0.4 is 5.32 Å². The molecule has 0 radical (unpaired) electrons. The molecule has 23 heavy (non-hydrogen) atoms. The molecule has 5 heteroatoms. The summed E-state index contributed by atoms with van der Waals surface area (Å²) < 4.78 is 38.7. The summed E-state index contributed by atoms with van der Waals surface area (Å²) in [5.41, 5.74) is 2.10. The molecule has 0 saturated carbocycles. The van der Waals surface area contributed by atoms with Crippen molar-refractivity contribution >= 4 is 21.6 Å².